The maximum atomic E-state index is 13.9. The van der Waals surface area contributed by atoms with Crippen LogP contribution in [-0.2, 0) is 16.1 Å². The Balaban J connectivity index is 1.70. The molecular weight excluding hydrogens is 424 g/mol. The van der Waals surface area contributed by atoms with E-state index in [1.165, 1.54) is 12.8 Å². The van der Waals surface area contributed by atoms with Gasteiger partial charge in [0.1, 0.15) is 12.6 Å². The summed E-state index contributed by atoms with van der Waals surface area (Å²) in [4.78, 5) is 31.9. The molecule has 1 atom stereocenters. The molecule has 4 rings (SSSR count). The summed E-state index contributed by atoms with van der Waals surface area (Å²) >= 11 is 1.60. The van der Waals surface area contributed by atoms with Crippen LogP contribution >= 0.6 is 11.3 Å². The molecule has 2 heterocycles. The average molecular weight is 457 g/mol. The van der Waals surface area contributed by atoms with Crippen molar-refractivity contribution in [3.8, 4) is 11.5 Å². The number of hydrogen-bond acceptors (Lipinski definition) is 5. The van der Waals surface area contributed by atoms with Crippen LogP contribution in [0.25, 0.3) is 0 Å². The zero-order valence-corrected chi connectivity index (χ0v) is 19.7. The minimum atomic E-state index is -0.661. The second-order valence-electron chi connectivity index (χ2n) is 8.46. The summed E-state index contributed by atoms with van der Waals surface area (Å²) in [7, 11) is 1.59. The second-order valence-corrected chi connectivity index (χ2v) is 9.49. The molecule has 2 fully saturated rings. The zero-order valence-electron chi connectivity index (χ0n) is 18.9. The molecule has 1 aromatic heterocycles. The molecule has 0 radical (unpaired) electrons. The van der Waals surface area contributed by atoms with E-state index in [1.807, 2.05) is 47.5 Å². The molecule has 0 N–H and O–H groups in total. The summed E-state index contributed by atoms with van der Waals surface area (Å²) in [5, 5.41) is 2.00. The van der Waals surface area contributed by atoms with Gasteiger partial charge in [0, 0.05) is 10.9 Å². The number of rotatable bonds is 7. The molecule has 0 bridgehead atoms. The van der Waals surface area contributed by atoms with Crippen LogP contribution in [0.4, 0.5) is 0 Å². The average Bonchev–Trinajstić information content (AvgIpc) is 3.16. The third-order valence-corrected chi connectivity index (χ3v) is 7.29. The summed E-state index contributed by atoms with van der Waals surface area (Å²) in [5.41, 5.74) is 0.763. The molecule has 6 nitrogen and oxygen atoms in total. The van der Waals surface area contributed by atoms with Crippen molar-refractivity contribution in [2.24, 2.45) is 0 Å². The Morgan fingerprint density at radius 1 is 1.06 bits per heavy atom. The second kappa shape index (κ2) is 10.4. The first-order chi connectivity index (χ1) is 15.6. The predicted octanol–water partition coefficient (Wildman–Crippen LogP) is 4.79. The SMILES string of the molecule is CCOc1ccc([C@@H]2C(=O)N(C3CCCCCC3)CC(=O)N2Cc2cccs2)cc1OC. The largest absolute Gasteiger partial charge is 0.493 e. The topological polar surface area (TPSA) is 59.1 Å². The lowest BCUT2D eigenvalue weighted by Crippen LogP contribution is -2.57. The highest BCUT2D eigenvalue weighted by atomic mass is 32.1. The Labute approximate surface area is 194 Å². The Morgan fingerprint density at radius 2 is 1.84 bits per heavy atom. The summed E-state index contributed by atoms with van der Waals surface area (Å²) in [5.74, 6) is 1.23. The van der Waals surface area contributed by atoms with Crippen LogP contribution in [0.5, 0.6) is 11.5 Å². The number of benzene rings is 1. The highest BCUT2D eigenvalue weighted by molar-refractivity contribution is 7.09. The third-order valence-electron chi connectivity index (χ3n) is 6.43. The molecule has 2 aromatic rings. The molecule has 1 aliphatic carbocycles. The predicted molar refractivity (Wildman–Crippen MR) is 125 cm³/mol. The lowest BCUT2D eigenvalue weighted by atomic mass is 9.97. The number of ether oxygens (including phenoxy) is 2. The number of nitrogens with zero attached hydrogens (tertiary/aromatic N) is 2. The first-order valence-corrected chi connectivity index (χ1v) is 12.4. The van der Waals surface area contributed by atoms with Crippen LogP contribution in [0.2, 0.25) is 0 Å². The standard InChI is InChI=1S/C25H32N2O4S/c1-3-31-21-13-12-18(15-22(21)30-2)24-25(29)26(19-9-6-4-5-7-10-19)17-23(28)27(24)16-20-11-8-14-32-20/h8,11-15,19,24H,3-7,9-10,16-17H2,1-2H3/t24-/m1/s1. The Kier molecular flexibility index (Phi) is 7.35. The number of hydrogen-bond donors (Lipinski definition) is 0. The fourth-order valence-corrected chi connectivity index (χ4v) is 5.53. The van der Waals surface area contributed by atoms with Crippen LogP contribution in [0.1, 0.15) is 61.9 Å². The molecule has 1 saturated heterocycles. The van der Waals surface area contributed by atoms with Crippen LogP contribution in [0.3, 0.4) is 0 Å². The molecule has 1 aliphatic heterocycles. The van der Waals surface area contributed by atoms with Crippen LogP contribution in [0.15, 0.2) is 35.7 Å². The Hall–Kier alpha value is -2.54. The maximum Gasteiger partial charge on any atom is 0.250 e. The van der Waals surface area contributed by atoms with E-state index in [2.05, 4.69) is 0 Å². The fraction of sp³-hybridized carbons (Fsp3) is 0.520. The molecule has 2 aliphatic rings. The lowest BCUT2D eigenvalue weighted by molar-refractivity contribution is -0.159. The normalized spacial score (nSPS) is 20.4. The van der Waals surface area contributed by atoms with Crippen molar-refractivity contribution in [2.75, 3.05) is 20.3 Å². The van der Waals surface area contributed by atoms with E-state index < -0.39 is 6.04 Å². The van der Waals surface area contributed by atoms with Gasteiger partial charge in [-0.05, 0) is 48.9 Å². The zero-order chi connectivity index (χ0) is 22.5. The monoisotopic (exact) mass is 456 g/mol. The lowest BCUT2D eigenvalue weighted by Gasteiger charge is -2.43. The molecule has 1 saturated carbocycles. The first-order valence-electron chi connectivity index (χ1n) is 11.6. The fourth-order valence-electron chi connectivity index (χ4n) is 4.83. The molecule has 7 heteroatoms. The van der Waals surface area contributed by atoms with Crippen molar-refractivity contribution in [1.29, 1.82) is 0 Å². The Bertz CT molecular complexity index is 922. The van der Waals surface area contributed by atoms with E-state index in [4.69, 9.17) is 9.47 Å². The van der Waals surface area contributed by atoms with Crippen molar-refractivity contribution in [1.82, 2.24) is 9.80 Å². The van der Waals surface area contributed by atoms with Crippen molar-refractivity contribution in [3.05, 3.63) is 46.2 Å². The first kappa shape index (κ1) is 22.6. The van der Waals surface area contributed by atoms with Crippen LogP contribution in [0, 0.1) is 0 Å². The van der Waals surface area contributed by atoms with E-state index in [0.29, 0.717) is 24.7 Å². The van der Waals surface area contributed by atoms with Crippen LogP contribution in [-0.4, -0.2) is 47.9 Å². The van der Waals surface area contributed by atoms with Gasteiger partial charge in [0.15, 0.2) is 11.5 Å². The van der Waals surface area contributed by atoms with Gasteiger partial charge in [-0.2, -0.15) is 0 Å². The van der Waals surface area contributed by atoms with Gasteiger partial charge >= 0.3 is 0 Å². The summed E-state index contributed by atoms with van der Waals surface area (Å²) in [6, 6.07) is 9.04. The molecule has 1 aromatic carbocycles. The molecular formula is C25H32N2O4S. The summed E-state index contributed by atoms with van der Waals surface area (Å²) in [6.07, 6.45) is 6.59. The van der Waals surface area contributed by atoms with Gasteiger partial charge < -0.3 is 19.3 Å². The minimum Gasteiger partial charge on any atom is -0.493 e. The van der Waals surface area contributed by atoms with Gasteiger partial charge in [-0.25, -0.2) is 0 Å². The van der Waals surface area contributed by atoms with Gasteiger partial charge in [0.05, 0.1) is 20.3 Å². The van der Waals surface area contributed by atoms with Crippen molar-refractivity contribution >= 4 is 23.2 Å². The highest BCUT2D eigenvalue weighted by Gasteiger charge is 2.43. The van der Waals surface area contributed by atoms with Gasteiger partial charge in [-0.3, -0.25) is 9.59 Å². The maximum absolute atomic E-state index is 13.9. The van der Waals surface area contributed by atoms with Gasteiger partial charge in [0.2, 0.25) is 5.91 Å². The molecule has 2 amide bonds. The molecule has 0 unspecified atom stereocenters. The Morgan fingerprint density at radius 3 is 2.50 bits per heavy atom. The molecule has 32 heavy (non-hydrogen) atoms. The van der Waals surface area contributed by atoms with Crippen molar-refractivity contribution in [3.63, 3.8) is 0 Å². The van der Waals surface area contributed by atoms with Gasteiger partial charge in [-0.15, -0.1) is 11.3 Å². The van der Waals surface area contributed by atoms with Crippen molar-refractivity contribution < 1.29 is 19.1 Å². The quantitative estimate of drug-likeness (QED) is 0.562. The van der Waals surface area contributed by atoms with Gasteiger partial charge in [-0.1, -0.05) is 37.8 Å². The van der Waals surface area contributed by atoms with Crippen LogP contribution < -0.4 is 9.47 Å². The van der Waals surface area contributed by atoms with E-state index in [0.717, 1.165) is 36.1 Å². The van der Waals surface area contributed by atoms with E-state index in [1.54, 1.807) is 23.3 Å². The number of carbonyl (C=O) groups is 2. The van der Waals surface area contributed by atoms with E-state index in [-0.39, 0.29) is 24.4 Å². The highest BCUT2D eigenvalue weighted by Crippen LogP contribution is 2.37. The summed E-state index contributed by atoms with van der Waals surface area (Å²) < 4.78 is 11.2. The van der Waals surface area contributed by atoms with E-state index >= 15 is 0 Å². The smallest absolute Gasteiger partial charge is 0.250 e. The van der Waals surface area contributed by atoms with E-state index in [9.17, 15) is 9.59 Å². The molecule has 0 spiro atoms. The van der Waals surface area contributed by atoms with Crippen molar-refractivity contribution in [2.45, 2.75) is 64.1 Å². The number of carbonyl (C=O) groups excluding carboxylic acids is 2. The number of piperazine rings is 1. The summed E-state index contributed by atoms with van der Waals surface area (Å²) in [6.45, 7) is 3.04. The number of amides is 2. The minimum absolute atomic E-state index is 0.0000912. The van der Waals surface area contributed by atoms with Gasteiger partial charge in [0.25, 0.3) is 5.91 Å². The number of methoxy groups -OCH3 is 1. The number of thiophene rings is 1. The third kappa shape index (κ3) is 4.77. The molecule has 172 valence electrons.